The van der Waals surface area contributed by atoms with E-state index in [0.717, 1.165) is 25.9 Å². The van der Waals surface area contributed by atoms with E-state index in [2.05, 4.69) is 17.1 Å². The van der Waals surface area contributed by atoms with Crippen molar-refractivity contribution in [1.82, 2.24) is 10.2 Å². The zero-order valence-electron chi connectivity index (χ0n) is 10.5. The smallest absolute Gasteiger partial charge is 0.239 e. The Morgan fingerprint density at radius 3 is 2.53 bits per heavy atom. The van der Waals surface area contributed by atoms with Crippen LogP contribution in [0.2, 0.25) is 0 Å². The topological polar surface area (TPSA) is 58.4 Å². The van der Waals surface area contributed by atoms with E-state index < -0.39 is 5.54 Å². The fourth-order valence-corrected chi connectivity index (χ4v) is 1.35. The molecule has 0 aromatic rings. The molecule has 15 heavy (non-hydrogen) atoms. The summed E-state index contributed by atoms with van der Waals surface area (Å²) in [6.45, 7) is 8.43. The van der Waals surface area contributed by atoms with Crippen LogP contribution in [0.3, 0.4) is 0 Å². The molecule has 0 spiro atoms. The molecule has 0 saturated carbocycles. The van der Waals surface area contributed by atoms with Gasteiger partial charge >= 0.3 is 0 Å². The number of nitrogens with one attached hydrogen (secondary N) is 1. The summed E-state index contributed by atoms with van der Waals surface area (Å²) in [6, 6.07) is 0. The third-order valence-electron chi connectivity index (χ3n) is 2.61. The van der Waals surface area contributed by atoms with Crippen LogP contribution in [0.5, 0.6) is 0 Å². The lowest BCUT2D eigenvalue weighted by atomic mass is 9.97. The molecule has 90 valence electrons. The molecule has 0 aromatic heterocycles. The molecule has 3 N–H and O–H groups in total. The van der Waals surface area contributed by atoms with Crippen LogP contribution in [0.4, 0.5) is 0 Å². The molecule has 1 atom stereocenters. The predicted octanol–water partition coefficient (Wildman–Crippen LogP) is 0.572. The molecular formula is C11H25N3O. The molecule has 0 fully saturated rings. The Kier molecular flexibility index (Phi) is 6.52. The minimum atomic E-state index is -0.723. The minimum Gasteiger partial charge on any atom is -0.353 e. The minimum absolute atomic E-state index is 0.0474. The van der Waals surface area contributed by atoms with Crippen molar-refractivity contribution >= 4 is 5.91 Å². The summed E-state index contributed by atoms with van der Waals surface area (Å²) < 4.78 is 0. The van der Waals surface area contributed by atoms with Crippen molar-refractivity contribution in [3.8, 4) is 0 Å². The van der Waals surface area contributed by atoms with Gasteiger partial charge in [-0.1, -0.05) is 20.3 Å². The fourth-order valence-electron chi connectivity index (χ4n) is 1.35. The van der Waals surface area contributed by atoms with Crippen LogP contribution in [0, 0.1) is 0 Å². The SMILES string of the molecule is CCCC(C)(N)C(=O)NCCN(C)CC. The van der Waals surface area contributed by atoms with Crippen molar-refractivity contribution in [2.24, 2.45) is 5.73 Å². The van der Waals surface area contributed by atoms with Crippen molar-refractivity contribution < 1.29 is 4.79 Å². The largest absolute Gasteiger partial charge is 0.353 e. The first-order valence-electron chi connectivity index (χ1n) is 5.69. The van der Waals surface area contributed by atoms with E-state index in [9.17, 15) is 4.79 Å². The Hall–Kier alpha value is -0.610. The van der Waals surface area contributed by atoms with Crippen LogP contribution in [0.15, 0.2) is 0 Å². The van der Waals surface area contributed by atoms with Crippen LogP contribution in [0.1, 0.15) is 33.6 Å². The van der Waals surface area contributed by atoms with Crippen molar-refractivity contribution in [3.63, 3.8) is 0 Å². The van der Waals surface area contributed by atoms with E-state index in [-0.39, 0.29) is 5.91 Å². The molecule has 0 rings (SSSR count). The average Bonchev–Trinajstić information content (AvgIpc) is 2.17. The van der Waals surface area contributed by atoms with Gasteiger partial charge < -0.3 is 16.0 Å². The summed E-state index contributed by atoms with van der Waals surface area (Å²) in [5.41, 5.74) is 5.17. The molecule has 0 aliphatic rings. The molecule has 1 amide bonds. The molecule has 0 bridgehead atoms. The van der Waals surface area contributed by atoms with Gasteiger partial charge in [0.1, 0.15) is 0 Å². The van der Waals surface area contributed by atoms with Gasteiger partial charge in [0.15, 0.2) is 0 Å². The van der Waals surface area contributed by atoms with Crippen molar-refractivity contribution in [2.45, 2.75) is 39.2 Å². The standard InChI is InChI=1S/C11H25N3O/c1-5-7-11(3,12)10(15)13-8-9-14(4)6-2/h5-9,12H2,1-4H3,(H,13,15). The average molecular weight is 215 g/mol. The van der Waals surface area contributed by atoms with Gasteiger partial charge in [-0.3, -0.25) is 4.79 Å². The van der Waals surface area contributed by atoms with E-state index in [1.54, 1.807) is 6.92 Å². The second-order valence-corrected chi connectivity index (χ2v) is 4.32. The van der Waals surface area contributed by atoms with Crippen molar-refractivity contribution in [2.75, 3.05) is 26.7 Å². The Bertz CT molecular complexity index is 192. The summed E-state index contributed by atoms with van der Waals surface area (Å²) in [4.78, 5) is 13.8. The number of likely N-dealkylation sites (N-methyl/N-ethyl adjacent to an activating group) is 1. The maximum Gasteiger partial charge on any atom is 0.239 e. The zero-order valence-corrected chi connectivity index (χ0v) is 10.5. The Labute approximate surface area is 93.2 Å². The third kappa shape index (κ3) is 5.74. The lowest BCUT2D eigenvalue weighted by Gasteiger charge is -2.23. The highest BCUT2D eigenvalue weighted by Crippen LogP contribution is 2.07. The summed E-state index contributed by atoms with van der Waals surface area (Å²) in [5.74, 6) is -0.0474. The van der Waals surface area contributed by atoms with Gasteiger partial charge in [0.05, 0.1) is 5.54 Å². The quantitative estimate of drug-likeness (QED) is 0.653. The molecule has 4 nitrogen and oxygen atoms in total. The number of hydrogen-bond donors (Lipinski definition) is 2. The van der Waals surface area contributed by atoms with Gasteiger partial charge in [-0.05, 0) is 26.9 Å². The molecule has 0 aliphatic heterocycles. The summed E-state index contributed by atoms with van der Waals surface area (Å²) >= 11 is 0. The molecule has 1 unspecified atom stereocenters. The van der Waals surface area contributed by atoms with Crippen LogP contribution in [-0.4, -0.2) is 43.0 Å². The van der Waals surface area contributed by atoms with E-state index in [1.165, 1.54) is 0 Å². The van der Waals surface area contributed by atoms with Crippen molar-refractivity contribution in [1.29, 1.82) is 0 Å². The van der Waals surface area contributed by atoms with Crippen LogP contribution >= 0.6 is 0 Å². The van der Waals surface area contributed by atoms with Gasteiger partial charge in [0.2, 0.25) is 5.91 Å². The molecule has 0 heterocycles. The number of nitrogens with two attached hydrogens (primary N) is 1. The normalized spacial score (nSPS) is 15.1. The van der Waals surface area contributed by atoms with Gasteiger partial charge in [0, 0.05) is 13.1 Å². The number of rotatable bonds is 7. The second-order valence-electron chi connectivity index (χ2n) is 4.32. The second kappa shape index (κ2) is 6.80. The number of hydrogen-bond acceptors (Lipinski definition) is 3. The summed E-state index contributed by atoms with van der Waals surface area (Å²) in [7, 11) is 2.03. The fraction of sp³-hybridized carbons (Fsp3) is 0.909. The van der Waals surface area contributed by atoms with Gasteiger partial charge in [-0.15, -0.1) is 0 Å². The highest BCUT2D eigenvalue weighted by atomic mass is 16.2. The highest BCUT2D eigenvalue weighted by molar-refractivity contribution is 5.85. The van der Waals surface area contributed by atoms with Crippen LogP contribution in [0.25, 0.3) is 0 Å². The number of carbonyl (C=O) groups is 1. The van der Waals surface area contributed by atoms with E-state index in [0.29, 0.717) is 6.54 Å². The Morgan fingerprint density at radius 2 is 2.07 bits per heavy atom. The third-order valence-corrected chi connectivity index (χ3v) is 2.61. The molecule has 0 saturated heterocycles. The lowest BCUT2D eigenvalue weighted by molar-refractivity contribution is -0.126. The first-order valence-corrected chi connectivity index (χ1v) is 5.69. The van der Waals surface area contributed by atoms with E-state index in [1.807, 2.05) is 14.0 Å². The van der Waals surface area contributed by atoms with Gasteiger partial charge in [-0.2, -0.15) is 0 Å². The van der Waals surface area contributed by atoms with Gasteiger partial charge in [-0.25, -0.2) is 0 Å². The maximum atomic E-state index is 11.7. The van der Waals surface area contributed by atoms with Crippen LogP contribution < -0.4 is 11.1 Å². The van der Waals surface area contributed by atoms with Crippen LogP contribution in [-0.2, 0) is 4.79 Å². The maximum absolute atomic E-state index is 11.7. The first kappa shape index (κ1) is 14.4. The molecule has 0 aliphatic carbocycles. The first-order chi connectivity index (χ1) is 6.94. The molecule has 4 heteroatoms. The lowest BCUT2D eigenvalue weighted by Crippen LogP contribution is -2.52. The number of carbonyl (C=O) groups excluding carboxylic acids is 1. The molecule has 0 aromatic carbocycles. The van der Waals surface area contributed by atoms with Crippen molar-refractivity contribution in [3.05, 3.63) is 0 Å². The monoisotopic (exact) mass is 215 g/mol. The summed E-state index contributed by atoms with van der Waals surface area (Å²) in [6.07, 6.45) is 1.65. The number of amides is 1. The Morgan fingerprint density at radius 1 is 1.47 bits per heavy atom. The Balaban J connectivity index is 3.83. The molecule has 0 radical (unpaired) electrons. The number of nitrogens with zero attached hydrogens (tertiary/aromatic N) is 1. The zero-order chi connectivity index (χ0) is 11.9. The highest BCUT2D eigenvalue weighted by Gasteiger charge is 2.26. The summed E-state index contributed by atoms with van der Waals surface area (Å²) in [5, 5.41) is 2.87. The van der Waals surface area contributed by atoms with Gasteiger partial charge in [0.25, 0.3) is 0 Å². The predicted molar refractivity (Wildman–Crippen MR) is 63.7 cm³/mol. The molecular weight excluding hydrogens is 190 g/mol. The van der Waals surface area contributed by atoms with E-state index >= 15 is 0 Å². The van der Waals surface area contributed by atoms with E-state index in [4.69, 9.17) is 5.73 Å².